The molecule has 0 fully saturated rings. The summed E-state index contributed by atoms with van der Waals surface area (Å²) >= 11 is 0. The van der Waals surface area contributed by atoms with Gasteiger partial charge in [-0.2, -0.15) is 13.2 Å². The zero-order valence-corrected chi connectivity index (χ0v) is 20.9. The number of benzene rings is 1. The van der Waals surface area contributed by atoms with Crippen molar-refractivity contribution in [2.24, 2.45) is 7.05 Å². The zero-order valence-electron chi connectivity index (χ0n) is 20.9. The minimum absolute atomic E-state index is 0.0353. The van der Waals surface area contributed by atoms with Gasteiger partial charge in [-0.05, 0) is 44.5 Å². The fourth-order valence-corrected chi connectivity index (χ4v) is 4.25. The number of aryl methyl sites for hydroxylation is 1. The van der Waals surface area contributed by atoms with E-state index in [1.165, 1.54) is 30.8 Å². The summed E-state index contributed by atoms with van der Waals surface area (Å²) in [6, 6.07) is 4.56. The number of H-pyrrole nitrogens is 1. The van der Waals surface area contributed by atoms with Gasteiger partial charge in [-0.1, -0.05) is 5.21 Å². The van der Waals surface area contributed by atoms with E-state index in [0.717, 1.165) is 18.2 Å². The van der Waals surface area contributed by atoms with E-state index in [2.05, 4.69) is 25.3 Å². The monoisotopic (exact) mass is 542 g/mol. The van der Waals surface area contributed by atoms with Gasteiger partial charge in [0.2, 0.25) is 5.88 Å². The molecule has 4 aromatic heterocycles. The maximum Gasteiger partial charge on any atom is 0.418 e. The highest BCUT2D eigenvalue weighted by molar-refractivity contribution is 5.93. The van der Waals surface area contributed by atoms with Crippen LogP contribution < -0.4 is 10.2 Å². The molecule has 13 heteroatoms. The molecule has 0 saturated carbocycles. The number of nitrogens with zero attached hydrogens (tertiary/aromatic N) is 5. The van der Waals surface area contributed by atoms with Crippen molar-refractivity contribution < 1.29 is 26.7 Å². The summed E-state index contributed by atoms with van der Waals surface area (Å²) in [6.45, 7) is 4.21. The van der Waals surface area contributed by atoms with Gasteiger partial charge < -0.3 is 9.72 Å². The van der Waals surface area contributed by atoms with E-state index < -0.39 is 28.8 Å². The maximum atomic E-state index is 14.2. The number of aromatic amines is 1. The van der Waals surface area contributed by atoms with Gasteiger partial charge in [-0.15, -0.1) is 5.10 Å². The average Bonchev–Trinajstić information content (AvgIpc) is 3.21. The van der Waals surface area contributed by atoms with Crippen molar-refractivity contribution in [2.45, 2.75) is 26.9 Å². The zero-order chi connectivity index (χ0) is 28.2. The number of ether oxygens (including phenoxy) is 1. The second kappa shape index (κ2) is 9.26. The van der Waals surface area contributed by atoms with Crippen molar-refractivity contribution in [3.63, 3.8) is 0 Å². The fourth-order valence-electron chi connectivity index (χ4n) is 4.25. The first-order valence-electron chi connectivity index (χ1n) is 11.5. The van der Waals surface area contributed by atoms with E-state index in [-0.39, 0.29) is 50.6 Å². The molecular weight excluding hydrogens is 523 g/mol. The molecule has 5 aromatic rings. The predicted octanol–water partition coefficient (Wildman–Crippen LogP) is 5.80. The van der Waals surface area contributed by atoms with Gasteiger partial charge in [-0.25, -0.2) is 13.8 Å². The summed E-state index contributed by atoms with van der Waals surface area (Å²) in [6.07, 6.45) is -2.76. The summed E-state index contributed by atoms with van der Waals surface area (Å²) in [5.74, 6) is -2.78. The Morgan fingerprint density at radius 3 is 2.41 bits per heavy atom. The Morgan fingerprint density at radius 1 is 1.00 bits per heavy atom. The topological polar surface area (TPSA) is 98.6 Å². The summed E-state index contributed by atoms with van der Waals surface area (Å²) < 4.78 is 76.4. The first kappa shape index (κ1) is 25.9. The molecule has 200 valence electrons. The molecule has 4 heterocycles. The predicted molar refractivity (Wildman–Crippen MR) is 131 cm³/mol. The van der Waals surface area contributed by atoms with Crippen LogP contribution in [0.15, 0.2) is 41.5 Å². The first-order valence-corrected chi connectivity index (χ1v) is 11.5. The van der Waals surface area contributed by atoms with Gasteiger partial charge in [-0.3, -0.25) is 14.5 Å². The van der Waals surface area contributed by atoms with Gasteiger partial charge in [0.1, 0.15) is 17.1 Å². The van der Waals surface area contributed by atoms with Crippen molar-refractivity contribution in [2.75, 3.05) is 0 Å². The normalized spacial score (nSPS) is 11.8. The summed E-state index contributed by atoms with van der Waals surface area (Å²) in [7, 11) is 1.68. The first-order chi connectivity index (χ1) is 18.4. The van der Waals surface area contributed by atoms with E-state index >= 15 is 0 Å². The Bertz CT molecular complexity index is 1830. The van der Waals surface area contributed by atoms with E-state index in [1.54, 1.807) is 14.0 Å². The third kappa shape index (κ3) is 4.39. The van der Waals surface area contributed by atoms with Crippen LogP contribution in [0.5, 0.6) is 11.6 Å². The van der Waals surface area contributed by atoms with Crippen molar-refractivity contribution in [3.05, 3.63) is 80.9 Å². The van der Waals surface area contributed by atoms with Crippen LogP contribution in [-0.2, 0) is 13.2 Å². The molecule has 0 radical (unpaired) electrons. The number of aromatic nitrogens is 6. The van der Waals surface area contributed by atoms with Crippen molar-refractivity contribution in [1.82, 2.24) is 29.9 Å². The lowest BCUT2D eigenvalue weighted by Crippen LogP contribution is -2.12. The Kier molecular flexibility index (Phi) is 6.16. The van der Waals surface area contributed by atoms with Crippen molar-refractivity contribution in [3.8, 4) is 34.3 Å². The highest BCUT2D eigenvalue weighted by atomic mass is 19.4. The van der Waals surface area contributed by atoms with Gasteiger partial charge >= 0.3 is 6.18 Å². The van der Waals surface area contributed by atoms with Gasteiger partial charge in [0, 0.05) is 31.1 Å². The van der Waals surface area contributed by atoms with Gasteiger partial charge in [0.05, 0.1) is 33.4 Å². The molecule has 0 unspecified atom stereocenters. The van der Waals surface area contributed by atoms with Crippen LogP contribution in [0, 0.1) is 32.4 Å². The van der Waals surface area contributed by atoms with Crippen LogP contribution in [0.2, 0.25) is 0 Å². The highest BCUT2D eigenvalue weighted by Crippen LogP contribution is 2.41. The van der Waals surface area contributed by atoms with E-state index in [0.29, 0.717) is 17.6 Å². The number of pyridine rings is 3. The fraction of sp³-hybridized carbons (Fsp3) is 0.192. The third-order valence-corrected chi connectivity index (χ3v) is 6.45. The molecule has 0 aliphatic rings. The average molecular weight is 542 g/mol. The van der Waals surface area contributed by atoms with Gasteiger partial charge in [0.25, 0.3) is 0 Å². The maximum absolute atomic E-state index is 14.2. The molecule has 0 bridgehead atoms. The van der Waals surface area contributed by atoms with Crippen LogP contribution in [0.3, 0.4) is 0 Å². The second-order valence-corrected chi connectivity index (χ2v) is 8.84. The molecule has 0 atom stereocenters. The lowest BCUT2D eigenvalue weighted by atomic mass is 10.0. The molecule has 5 rings (SSSR count). The minimum atomic E-state index is -4.76. The van der Waals surface area contributed by atoms with Crippen LogP contribution in [-0.4, -0.2) is 29.9 Å². The Labute approximate surface area is 217 Å². The third-order valence-electron chi connectivity index (χ3n) is 6.45. The van der Waals surface area contributed by atoms with Crippen LogP contribution in [0.1, 0.15) is 22.4 Å². The molecular formula is C26H19F5N6O2. The van der Waals surface area contributed by atoms with Crippen LogP contribution in [0.25, 0.3) is 33.5 Å². The molecule has 39 heavy (non-hydrogen) atoms. The lowest BCUT2D eigenvalue weighted by Gasteiger charge is -2.18. The number of nitrogens with one attached hydrogen (secondary N) is 1. The van der Waals surface area contributed by atoms with E-state index in [1.807, 2.05) is 0 Å². The molecule has 8 nitrogen and oxygen atoms in total. The number of hydrogen-bond donors (Lipinski definition) is 1. The smallest absolute Gasteiger partial charge is 0.418 e. The summed E-state index contributed by atoms with van der Waals surface area (Å²) in [5.41, 5.74) is -0.793. The SMILES string of the molecule is Cc1c(Oc2ncc(C(F)(F)F)c(C)c2-c2cc(=O)c3c(-c4nnn(C)c4C)nccc3[nH]2)ccc(F)c1F. The quantitative estimate of drug-likeness (QED) is 0.289. The van der Waals surface area contributed by atoms with Gasteiger partial charge in [0.15, 0.2) is 17.1 Å². The number of hydrogen-bond acceptors (Lipinski definition) is 6. The molecule has 0 saturated heterocycles. The van der Waals surface area contributed by atoms with E-state index in [4.69, 9.17) is 4.74 Å². The van der Waals surface area contributed by atoms with Crippen molar-refractivity contribution in [1.29, 1.82) is 0 Å². The largest absolute Gasteiger partial charge is 0.438 e. The molecule has 1 N–H and O–H groups in total. The molecule has 1 aromatic carbocycles. The standard InChI is InChI=1S/C26H19F5N6O2/c1-11-14(26(29,30)31)10-33-25(39-19-6-5-15(27)22(28)12(19)2)20(11)17-9-18(38)21-16(34-17)7-8-32-24(21)23-13(3)37(4)36-35-23/h5-10H,1-4H3,(H,34,38). The second-order valence-electron chi connectivity index (χ2n) is 8.84. The van der Waals surface area contributed by atoms with Crippen LogP contribution in [0.4, 0.5) is 22.0 Å². The molecule has 0 amide bonds. The minimum Gasteiger partial charge on any atom is -0.438 e. The Hall–Kier alpha value is -4.68. The Balaban J connectivity index is 1.75. The molecule has 0 aliphatic heterocycles. The number of rotatable bonds is 4. The number of halogens is 5. The lowest BCUT2D eigenvalue weighted by molar-refractivity contribution is -0.138. The summed E-state index contributed by atoms with van der Waals surface area (Å²) in [5, 5.41) is 8.17. The van der Waals surface area contributed by atoms with E-state index in [9.17, 15) is 26.7 Å². The number of fused-ring (bicyclic) bond motifs is 1. The molecule has 0 spiro atoms. The number of alkyl halides is 3. The molecule has 0 aliphatic carbocycles. The Morgan fingerprint density at radius 2 is 1.74 bits per heavy atom. The summed E-state index contributed by atoms with van der Waals surface area (Å²) in [4.78, 5) is 24.5. The van der Waals surface area contributed by atoms with Crippen LogP contribution >= 0.6 is 0 Å². The van der Waals surface area contributed by atoms with Crippen molar-refractivity contribution >= 4 is 10.9 Å². The highest BCUT2D eigenvalue weighted by Gasteiger charge is 2.35.